The van der Waals surface area contributed by atoms with Crippen molar-refractivity contribution >= 4 is 17.2 Å². The van der Waals surface area contributed by atoms with E-state index < -0.39 is 0 Å². The summed E-state index contributed by atoms with van der Waals surface area (Å²) in [6, 6.07) is 7.56. The van der Waals surface area contributed by atoms with Crippen molar-refractivity contribution in [3.63, 3.8) is 0 Å². The minimum atomic E-state index is 0.498. The first-order chi connectivity index (χ1) is 15.1. The molecule has 0 aliphatic heterocycles. The summed E-state index contributed by atoms with van der Waals surface area (Å²) in [4.78, 5) is 17.9. The molecule has 0 aliphatic carbocycles. The predicted molar refractivity (Wildman–Crippen MR) is 117 cm³/mol. The average Bonchev–Trinajstić information content (AvgIpc) is 3.37. The van der Waals surface area contributed by atoms with Gasteiger partial charge in [0.05, 0.1) is 7.11 Å². The van der Waals surface area contributed by atoms with Crippen LogP contribution in [0.5, 0.6) is 5.75 Å². The van der Waals surface area contributed by atoms with Crippen molar-refractivity contribution in [2.75, 3.05) is 12.4 Å². The van der Waals surface area contributed by atoms with E-state index in [1.54, 1.807) is 31.8 Å². The molecular formula is C22H20N8O. The first kappa shape index (κ1) is 18.7. The fraction of sp³-hybridized carbons (Fsp3) is 0.136. The number of fused-ring (bicyclic) bond motifs is 1. The summed E-state index contributed by atoms with van der Waals surface area (Å²) in [7, 11) is 3.53. The van der Waals surface area contributed by atoms with Gasteiger partial charge in [0.15, 0.2) is 11.6 Å². The molecule has 0 unspecified atom stereocenters. The first-order valence-electron chi connectivity index (χ1n) is 9.69. The van der Waals surface area contributed by atoms with Gasteiger partial charge in [-0.2, -0.15) is 0 Å². The van der Waals surface area contributed by atoms with Crippen LogP contribution in [-0.2, 0) is 7.05 Å². The van der Waals surface area contributed by atoms with Crippen molar-refractivity contribution in [3.05, 3.63) is 67.0 Å². The van der Waals surface area contributed by atoms with E-state index >= 15 is 0 Å². The van der Waals surface area contributed by atoms with Gasteiger partial charge in [0.25, 0.3) is 0 Å². The van der Waals surface area contributed by atoms with Crippen molar-refractivity contribution in [2.24, 2.45) is 7.05 Å². The van der Waals surface area contributed by atoms with E-state index in [4.69, 9.17) is 14.8 Å². The molecule has 0 bridgehead atoms. The highest BCUT2D eigenvalue weighted by Gasteiger charge is 2.19. The Morgan fingerprint density at radius 3 is 2.74 bits per heavy atom. The lowest BCUT2D eigenvalue weighted by Crippen LogP contribution is -2.06. The first-order valence-corrected chi connectivity index (χ1v) is 9.69. The van der Waals surface area contributed by atoms with Gasteiger partial charge in [0, 0.05) is 61.4 Å². The number of nitrogens with zero attached hydrogens (tertiary/aromatic N) is 7. The number of anilines is 2. The second-order valence-electron chi connectivity index (χ2n) is 7.05. The number of aryl methyl sites for hydroxylation is 2. The summed E-state index contributed by atoms with van der Waals surface area (Å²) in [6.07, 6.45) is 10.9. The maximum atomic E-state index is 5.33. The fourth-order valence-corrected chi connectivity index (χ4v) is 3.54. The number of aromatic nitrogens is 7. The molecule has 0 amide bonds. The van der Waals surface area contributed by atoms with Crippen LogP contribution in [0.3, 0.4) is 0 Å². The van der Waals surface area contributed by atoms with Gasteiger partial charge >= 0.3 is 0 Å². The fourth-order valence-electron chi connectivity index (χ4n) is 3.54. The van der Waals surface area contributed by atoms with Crippen LogP contribution in [-0.4, -0.2) is 41.2 Å². The molecule has 5 aromatic heterocycles. The van der Waals surface area contributed by atoms with Gasteiger partial charge in [-0.1, -0.05) is 6.07 Å². The normalized spacial score (nSPS) is 11.1. The van der Waals surface area contributed by atoms with Crippen molar-refractivity contribution in [2.45, 2.75) is 6.92 Å². The topological polar surface area (TPSA) is 95.0 Å². The Balaban J connectivity index is 1.72. The number of methoxy groups -OCH3 is 1. The number of pyridine rings is 2. The zero-order valence-electron chi connectivity index (χ0n) is 17.3. The van der Waals surface area contributed by atoms with Gasteiger partial charge in [-0.25, -0.2) is 19.5 Å². The maximum absolute atomic E-state index is 5.33. The van der Waals surface area contributed by atoms with Crippen molar-refractivity contribution < 1.29 is 4.74 Å². The molecule has 0 spiro atoms. The molecule has 154 valence electrons. The monoisotopic (exact) mass is 412 g/mol. The van der Waals surface area contributed by atoms with Crippen molar-refractivity contribution in [1.82, 2.24) is 34.1 Å². The smallest absolute Gasteiger partial charge is 0.218 e. The lowest BCUT2D eigenvalue weighted by molar-refractivity contribution is 0.414. The number of hydrogen-bond acceptors (Lipinski definition) is 7. The molecule has 5 heterocycles. The van der Waals surface area contributed by atoms with Crippen LogP contribution in [0.15, 0.2) is 61.4 Å². The summed E-state index contributed by atoms with van der Waals surface area (Å²) < 4.78 is 9.04. The minimum absolute atomic E-state index is 0.498. The van der Waals surface area contributed by atoms with Gasteiger partial charge in [0.1, 0.15) is 17.1 Å². The number of rotatable bonds is 5. The number of imidazole rings is 1. The third-order valence-electron chi connectivity index (χ3n) is 5.09. The zero-order chi connectivity index (χ0) is 21.4. The Morgan fingerprint density at radius 1 is 1.10 bits per heavy atom. The minimum Gasteiger partial charge on any atom is -0.497 e. The van der Waals surface area contributed by atoms with Crippen LogP contribution in [0.2, 0.25) is 0 Å². The van der Waals surface area contributed by atoms with E-state index in [0.717, 1.165) is 22.2 Å². The molecule has 0 atom stereocenters. The second-order valence-corrected chi connectivity index (χ2v) is 7.05. The molecule has 31 heavy (non-hydrogen) atoms. The van der Waals surface area contributed by atoms with E-state index in [0.29, 0.717) is 29.0 Å². The molecule has 9 heteroatoms. The lowest BCUT2D eigenvalue weighted by Gasteiger charge is -2.11. The van der Waals surface area contributed by atoms with Crippen molar-refractivity contribution in [3.8, 4) is 28.5 Å². The van der Waals surface area contributed by atoms with Crippen LogP contribution in [0.25, 0.3) is 28.3 Å². The third kappa shape index (κ3) is 3.35. The molecule has 0 aliphatic rings. The van der Waals surface area contributed by atoms with Crippen molar-refractivity contribution in [1.29, 1.82) is 0 Å². The van der Waals surface area contributed by atoms with Gasteiger partial charge < -0.3 is 14.6 Å². The summed E-state index contributed by atoms with van der Waals surface area (Å²) in [6.45, 7) is 2.05. The Bertz CT molecular complexity index is 1370. The standard InChI is InChI=1S/C22H20N8O/c1-14-17(15-5-4-7-23-12-15)13-30-19(14)20(26-18-11-16(31-3)6-8-24-18)27-21(28-30)22-25-9-10-29(22)2/h4-13H,1-3H3,(H,24,26,27,28). The van der Waals surface area contributed by atoms with Crippen LogP contribution in [0.1, 0.15) is 5.56 Å². The molecule has 1 N–H and O–H groups in total. The quantitative estimate of drug-likeness (QED) is 0.471. The molecule has 9 nitrogen and oxygen atoms in total. The molecule has 0 radical (unpaired) electrons. The summed E-state index contributed by atoms with van der Waals surface area (Å²) in [5, 5.41) is 8.07. The average molecular weight is 412 g/mol. The second kappa shape index (κ2) is 7.52. The third-order valence-corrected chi connectivity index (χ3v) is 5.09. The maximum Gasteiger partial charge on any atom is 0.218 e. The van der Waals surface area contributed by atoms with E-state index in [2.05, 4.69) is 20.3 Å². The molecule has 5 rings (SSSR count). The molecule has 0 aromatic carbocycles. The van der Waals surface area contributed by atoms with Gasteiger partial charge in [-0.05, 0) is 24.6 Å². The van der Waals surface area contributed by atoms with Crippen LogP contribution < -0.4 is 10.1 Å². The Morgan fingerprint density at radius 2 is 2.00 bits per heavy atom. The Kier molecular flexibility index (Phi) is 4.55. The summed E-state index contributed by atoms with van der Waals surface area (Å²) >= 11 is 0. The van der Waals surface area contributed by atoms with E-state index in [-0.39, 0.29) is 0 Å². The summed E-state index contributed by atoms with van der Waals surface area (Å²) in [5.74, 6) is 3.11. The Hall–Kier alpha value is -4.27. The largest absolute Gasteiger partial charge is 0.497 e. The van der Waals surface area contributed by atoms with Gasteiger partial charge in [0.2, 0.25) is 5.82 Å². The SMILES string of the molecule is COc1ccnc(Nc2nc(-c3nccn3C)nn3cc(-c4cccnc4)c(C)c23)c1. The van der Waals surface area contributed by atoms with Crippen LogP contribution in [0, 0.1) is 6.92 Å². The summed E-state index contributed by atoms with van der Waals surface area (Å²) in [5.41, 5.74) is 3.92. The van der Waals surface area contributed by atoms with Crippen LogP contribution in [0.4, 0.5) is 11.6 Å². The van der Waals surface area contributed by atoms with E-state index in [9.17, 15) is 0 Å². The number of hydrogen-bond donors (Lipinski definition) is 1. The van der Waals surface area contributed by atoms with Gasteiger partial charge in [-0.3, -0.25) is 4.98 Å². The highest BCUT2D eigenvalue weighted by atomic mass is 16.5. The number of ether oxygens (including phenoxy) is 1. The van der Waals surface area contributed by atoms with Gasteiger partial charge in [-0.15, -0.1) is 5.10 Å². The molecule has 0 fully saturated rings. The van der Waals surface area contributed by atoms with E-state index in [1.807, 2.05) is 59.8 Å². The highest BCUT2D eigenvalue weighted by molar-refractivity contribution is 5.84. The molecule has 0 saturated heterocycles. The predicted octanol–water partition coefficient (Wildman–Crippen LogP) is 3.65. The van der Waals surface area contributed by atoms with Crippen LogP contribution >= 0.6 is 0 Å². The molecular weight excluding hydrogens is 392 g/mol. The highest BCUT2D eigenvalue weighted by Crippen LogP contribution is 2.32. The Labute approximate surface area is 178 Å². The molecule has 5 aromatic rings. The lowest BCUT2D eigenvalue weighted by atomic mass is 10.1. The molecule has 0 saturated carbocycles. The zero-order valence-corrected chi connectivity index (χ0v) is 17.3. The number of nitrogens with one attached hydrogen (secondary N) is 1. The van der Waals surface area contributed by atoms with E-state index in [1.165, 1.54) is 0 Å².